The van der Waals surface area contributed by atoms with Crippen molar-refractivity contribution in [3.05, 3.63) is 29.8 Å². The minimum Gasteiger partial charge on any atom is -0.442 e. The van der Waals surface area contributed by atoms with Crippen LogP contribution in [0.2, 0.25) is 0 Å². The van der Waals surface area contributed by atoms with Gasteiger partial charge in [-0.15, -0.1) is 0 Å². The minimum absolute atomic E-state index is 0.0449. The van der Waals surface area contributed by atoms with Crippen molar-refractivity contribution >= 4 is 27.7 Å². The molecule has 0 spiro atoms. The average Bonchev–Trinajstić information content (AvgIpc) is 3.04. The summed E-state index contributed by atoms with van der Waals surface area (Å²) in [6.45, 7) is 1.63. The highest BCUT2D eigenvalue weighted by Gasteiger charge is 2.45. The Balaban J connectivity index is 1.82. The van der Waals surface area contributed by atoms with E-state index in [2.05, 4.69) is 5.32 Å². The van der Waals surface area contributed by atoms with Crippen LogP contribution in [0.3, 0.4) is 0 Å². The van der Waals surface area contributed by atoms with Crippen LogP contribution in [-0.2, 0) is 26.0 Å². The van der Waals surface area contributed by atoms with Gasteiger partial charge in [0.1, 0.15) is 6.10 Å². The topological polar surface area (TPSA) is 96.0 Å². The SMILES string of the molecule is CC(=O)NCN1CC(C2Cc3ccccc3N2S(C)(=O)=O)OC1=O. The van der Waals surface area contributed by atoms with E-state index in [1.54, 1.807) is 12.1 Å². The molecule has 0 aromatic heterocycles. The van der Waals surface area contributed by atoms with E-state index in [0.29, 0.717) is 12.1 Å². The van der Waals surface area contributed by atoms with Gasteiger partial charge in [-0.3, -0.25) is 14.0 Å². The van der Waals surface area contributed by atoms with Crippen molar-refractivity contribution in [1.82, 2.24) is 10.2 Å². The van der Waals surface area contributed by atoms with Crippen LogP contribution in [0.15, 0.2) is 24.3 Å². The number of nitrogens with zero attached hydrogens (tertiary/aromatic N) is 2. The fourth-order valence-electron chi connectivity index (χ4n) is 3.16. The zero-order chi connectivity index (χ0) is 17.5. The van der Waals surface area contributed by atoms with Gasteiger partial charge in [0.2, 0.25) is 15.9 Å². The number of fused-ring (bicyclic) bond motifs is 1. The first-order chi connectivity index (χ1) is 11.3. The zero-order valence-corrected chi connectivity index (χ0v) is 14.2. The van der Waals surface area contributed by atoms with Crippen molar-refractivity contribution < 1.29 is 22.7 Å². The second-order valence-corrected chi connectivity index (χ2v) is 7.85. The number of para-hydroxylation sites is 1. The quantitative estimate of drug-likeness (QED) is 0.839. The molecule has 2 aliphatic heterocycles. The van der Waals surface area contributed by atoms with E-state index in [9.17, 15) is 18.0 Å². The van der Waals surface area contributed by atoms with Crippen molar-refractivity contribution in [2.45, 2.75) is 25.5 Å². The van der Waals surface area contributed by atoms with Crippen LogP contribution in [0.5, 0.6) is 0 Å². The van der Waals surface area contributed by atoms with Crippen molar-refractivity contribution in [3.8, 4) is 0 Å². The van der Waals surface area contributed by atoms with Gasteiger partial charge in [0.25, 0.3) is 0 Å². The summed E-state index contributed by atoms with van der Waals surface area (Å²) < 4.78 is 31.2. The lowest BCUT2D eigenvalue weighted by Gasteiger charge is -2.28. The van der Waals surface area contributed by atoms with Crippen LogP contribution in [0, 0.1) is 0 Å². The van der Waals surface area contributed by atoms with Gasteiger partial charge in [-0.25, -0.2) is 13.2 Å². The molecular weight excluding hydrogens is 334 g/mol. The highest BCUT2D eigenvalue weighted by Crippen LogP contribution is 2.37. The zero-order valence-electron chi connectivity index (χ0n) is 13.4. The highest BCUT2D eigenvalue weighted by molar-refractivity contribution is 7.92. The number of amides is 2. The maximum absolute atomic E-state index is 12.3. The maximum Gasteiger partial charge on any atom is 0.411 e. The van der Waals surface area contributed by atoms with Gasteiger partial charge in [-0.05, 0) is 18.1 Å². The standard InChI is InChI=1S/C15H19N3O5S/c1-10(19)16-9-17-8-14(23-15(17)20)13-7-11-5-3-4-6-12(11)18(13)24(2,21)22/h3-6,13-14H,7-9H2,1-2H3,(H,16,19). The van der Waals surface area contributed by atoms with Crippen molar-refractivity contribution in [2.24, 2.45) is 0 Å². The Morgan fingerprint density at radius 3 is 2.75 bits per heavy atom. The Bertz CT molecular complexity index is 779. The molecule has 2 aliphatic rings. The van der Waals surface area contributed by atoms with Crippen molar-refractivity contribution in [2.75, 3.05) is 23.8 Å². The number of sulfonamides is 1. The van der Waals surface area contributed by atoms with E-state index in [1.165, 1.54) is 16.1 Å². The molecule has 2 heterocycles. The number of ether oxygens (including phenoxy) is 1. The predicted molar refractivity (Wildman–Crippen MR) is 86.9 cm³/mol. The third-order valence-electron chi connectivity index (χ3n) is 4.18. The van der Waals surface area contributed by atoms with Gasteiger partial charge >= 0.3 is 6.09 Å². The molecule has 1 saturated heterocycles. The molecule has 130 valence electrons. The van der Waals surface area contributed by atoms with Gasteiger partial charge in [-0.1, -0.05) is 18.2 Å². The fourth-order valence-corrected chi connectivity index (χ4v) is 4.40. The number of cyclic esters (lactones) is 1. The number of hydrogen-bond acceptors (Lipinski definition) is 5. The van der Waals surface area contributed by atoms with Gasteiger partial charge in [0, 0.05) is 6.92 Å². The Morgan fingerprint density at radius 2 is 2.08 bits per heavy atom. The fraction of sp³-hybridized carbons (Fsp3) is 0.467. The monoisotopic (exact) mass is 353 g/mol. The number of nitrogens with one attached hydrogen (secondary N) is 1. The first-order valence-electron chi connectivity index (χ1n) is 7.54. The lowest BCUT2D eigenvalue weighted by atomic mass is 10.1. The Morgan fingerprint density at radius 1 is 1.38 bits per heavy atom. The smallest absolute Gasteiger partial charge is 0.411 e. The third kappa shape index (κ3) is 3.03. The number of benzene rings is 1. The minimum atomic E-state index is -3.51. The summed E-state index contributed by atoms with van der Waals surface area (Å²) >= 11 is 0. The van der Waals surface area contributed by atoms with Crippen molar-refractivity contribution in [1.29, 1.82) is 0 Å². The normalized spacial score (nSPS) is 23.2. The lowest BCUT2D eigenvalue weighted by molar-refractivity contribution is -0.119. The molecule has 0 aliphatic carbocycles. The summed E-state index contributed by atoms with van der Waals surface area (Å²) in [6.07, 6.45) is 0.481. The van der Waals surface area contributed by atoms with Crippen LogP contribution in [0.25, 0.3) is 0 Å². The Kier molecular flexibility index (Phi) is 4.12. The molecule has 24 heavy (non-hydrogen) atoms. The number of anilines is 1. The average molecular weight is 353 g/mol. The second-order valence-electron chi connectivity index (χ2n) is 5.99. The van der Waals surface area contributed by atoms with E-state index in [4.69, 9.17) is 4.74 Å². The molecule has 2 amide bonds. The Labute approximate surface area is 140 Å². The molecule has 2 unspecified atom stereocenters. The molecule has 1 fully saturated rings. The first-order valence-corrected chi connectivity index (χ1v) is 9.39. The Hall–Kier alpha value is -2.29. The molecule has 1 aromatic rings. The number of rotatable bonds is 4. The summed E-state index contributed by atoms with van der Waals surface area (Å²) in [5.74, 6) is -0.253. The van der Waals surface area contributed by atoms with Crippen LogP contribution < -0.4 is 9.62 Å². The van der Waals surface area contributed by atoms with Gasteiger partial charge in [-0.2, -0.15) is 0 Å². The van der Waals surface area contributed by atoms with Crippen LogP contribution in [-0.4, -0.2) is 56.9 Å². The number of carbonyl (C=O) groups is 2. The second kappa shape index (κ2) is 5.97. The molecule has 1 aromatic carbocycles. The lowest BCUT2D eigenvalue weighted by Crippen LogP contribution is -2.46. The summed E-state index contributed by atoms with van der Waals surface area (Å²) in [4.78, 5) is 24.3. The predicted octanol–water partition coefficient (Wildman–Crippen LogP) is 0.292. The number of hydrogen-bond donors (Lipinski definition) is 1. The van der Waals surface area contributed by atoms with Crippen LogP contribution in [0.4, 0.5) is 10.5 Å². The van der Waals surface area contributed by atoms with Gasteiger partial charge in [0.05, 0.1) is 31.2 Å². The van der Waals surface area contributed by atoms with Crippen LogP contribution >= 0.6 is 0 Å². The summed E-state index contributed by atoms with van der Waals surface area (Å²) in [7, 11) is -3.51. The molecule has 0 radical (unpaired) electrons. The molecular formula is C15H19N3O5S. The van der Waals surface area contributed by atoms with E-state index < -0.39 is 28.3 Å². The molecule has 1 N–H and O–H groups in total. The van der Waals surface area contributed by atoms with Gasteiger partial charge < -0.3 is 10.1 Å². The summed E-state index contributed by atoms with van der Waals surface area (Å²) in [5.41, 5.74) is 1.53. The van der Waals surface area contributed by atoms with Gasteiger partial charge in [0.15, 0.2) is 0 Å². The molecule has 8 nitrogen and oxygen atoms in total. The van der Waals surface area contributed by atoms with E-state index >= 15 is 0 Å². The van der Waals surface area contributed by atoms with Crippen molar-refractivity contribution in [3.63, 3.8) is 0 Å². The summed E-state index contributed by atoms with van der Waals surface area (Å²) in [5, 5.41) is 2.54. The first kappa shape index (κ1) is 16.6. The molecule has 0 bridgehead atoms. The van der Waals surface area contributed by atoms with E-state index in [-0.39, 0.29) is 19.1 Å². The van der Waals surface area contributed by atoms with E-state index in [1.807, 2.05) is 12.1 Å². The molecule has 2 atom stereocenters. The molecule has 0 saturated carbocycles. The van der Waals surface area contributed by atoms with E-state index in [0.717, 1.165) is 11.8 Å². The summed E-state index contributed by atoms with van der Waals surface area (Å²) in [6, 6.07) is 6.78. The molecule has 9 heteroatoms. The van der Waals surface area contributed by atoms with Crippen LogP contribution in [0.1, 0.15) is 12.5 Å². The number of carbonyl (C=O) groups excluding carboxylic acids is 2. The molecule has 3 rings (SSSR count). The highest BCUT2D eigenvalue weighted by atomic mass is 32.2. The largest absolute Gasteiger partial charge is 0.442 e. The maximum atomic E-state index is 12.3. The third-order valence-corrected chi connectivity index (χ3v) is 5.36.